The number of nitrogens with one attached hydrogen (secondary N) is 1. The summed E-state index contributed by atoms with van der Waals surface area (Å²) < 4.78 is 24.5. The van der Waals surface area contributed by atoms with Gasteiger partial charge in [0.25, 0.3) is 10.0 Å². The van der Waals surface area contributed by atoms with Gasteiger partial charge in [-0.15, -0.1) is 0 Å². The lowest BCUT2D eigenvalue weighted by Crippen LogP contribution is -2.26. The van der Waals surface area contributed by atoms with E-state index in [0.717, 1.165) is 18.0 Å². The van der Waals surface area contributed by atoms with E-state index in [2.05, 4.69) is 4.84 Å². The highest BCUT2D eigenvalue weighted by Crippen LogP contribution is 2.29. The minimum atomic E-state index is -3.94. The molecule has 21 heavy (non-hydrogen) atoms. The highest BCUT2D eigenvalue weighted by Gasteiger charge is 2.19. The van der Waals surface area contributed by atoms with Gasteiger partial charge in [-0.2, -0.15) is 0 Å². The van der Waals surface area contributed by atoms with E-state index in [0.29, 0.717) is 5.39 Å². The van der Waals surface area contributed by atoms with Crippen molar-refractivity contribution in [2.45, 2.75) is 11.8 Å². The monoisotopic (exact) mass is 308 g/mol. The molecule has 2 aromatic carbocycles. The van der Waals surface area contributed by atoms with Gasteiger partial charge in [0.1, 0.15) is 0 Å². The van der Waals surface area contributed by atoms with Crippen molar-refractivity contribution in [2.75, 3.05) is 19.0 Å². The Morgan fingerprint density at radius 1 is 1.10 bits per heavy atom. The quantitative estimate of drug-likeness (QED) is 0.869. The number of benzene rings is 2. The molecular formula is C14H16N2O4S. The molecule has 0 saturated carbocycles. The van der Waals surface area contributed by atoms with Crippen molar-refractivity contribution in [2.24, 2.45) is 0 Å². The van der Waals surface area contributed by atoms with E-state index in [-0.39, 0.29) is 4.90 Å². The summed E-state index contributed by atoms with van der Waals surface area (Å²) in [5, 5.41) is 1.36. The number of fused-ring (bicyclic) bond motifs is 1. The van der Waals surface area contributed by atoms with Crippen molar-refractivity contribution in [1.82, 2.24) is 4.89 Å². The molecule has 0 aliphatic rings. The van der Waals surface area contributed by atoms with Gasteiger partial charge in [0, 0.05) is 37.5 Å². The minimum absolute atomic E-state index is 0.0601. The summed E-state index contributed by atoms with van der Waals surface area (Å²) >= 11 is 0. The Balaban J connectivity index is 2.60. The maximum absolute atomic E-state index is 12.2. The van der Waals surface area contributed by atoms with Crippen LogP contribution in [0.25, 0.3) is 10.8 Å². The molecule has 0 atom stereocenters. The van der Waals surface area contributed by atoms with Crippen molar-refractivity contribution in [3.8, 4) is 0 Å². The van der Waals surface area contributed by atoms with Crippen LogP contribution < -0.4 is 9.79 Å². The molecule has 0 aromatic heterocycles. The van der Waals surface area contributed by atoms with E-state index >= 15 is 0 Å². The van der Waals surface area contributed by atoms with E-state index in [1.165, 1.54) is 6.07 Å². The highest BCUT2D eigenvalue weighted by atomic mass is 32.2. The van der Waals surface area contributed by atoms with E-state index < -0.39 is 16.0 Å². The van der Waals surface area contributed by atoms with Gasteiger partial charge in [0.15, 0.2) is 0 Å². The standard InChI is InChI=1S/C14H16N2O4S/c1-10(17)20-15-21(18,19)14-9-5-6-11-12(14)7-4-8-13(11)16(2)3/h4-9,15H,1-3H3. The van der Waals surface area contributed by atoms with Gasteiger partial charge in [-0.25, -0.2) is 8.42 Å². The lowest BCUT2D eigenvalue weighted by atomic mass is 10.1. The molecule has 0 radical (unpaired) electrons. The number of nitrogens with zero attached hydrogens (tertiary/aromatic N) is 1. The van der Waals surface area contributed by atoms with Crippen LogP contribution >= 0.6 is 0 Å². The molecule has 112 valence electrons. The number of hydrogen-bond donors (Lipinski definition) is 1. The number of sulfonamides is 1. The molecule has 0 aliphatic carbocycles. The molecule has 6 nitrogen and oxygen atoms in total. The van der Waals surface area contributed by atoms with Gasteiger partial charge < -0.3 is 9.74 Å². The summed E-state index contributed by atoms with van der Waals surface area (Å²) in [5.41, 5.74) is 0.900. The summed E-state index contributed by atoms with van der Waals surface area (Å²) in [6.07, 6.45) is 0. The fraction of sp³-hybridized carbons (Fsp3) is 0.214. The molecule has 0 aliphatic heterocycles. The van der Waals surface area contributed by atoms with Gasteiger partial charge in [0.2, 0.25) is 0 Å². The predicted molar refractivity (Wildman–Crippen MR) is 80.4 cm³/mol. The van der Waals surface area contributed by atoms with Gasteiger partial charge in [-0.05, 0) is 17.0 Å². The third-order valence-electron chi connectivity index (χ3n) is 2.93. The fourth-order valence-corrected chi connectivity index (χ4v) is 3.09. The molecule has 0 amide bonds. The third kappa shape index (κ3) is 3.14. The van der Waals surface area contributed by atoms with Gasteiger partial charge in [0.05, 0.1) is 4.90 Å². The van der Waals surface area contributed by atoms with E-state index in [4.69, 9.17) is 0 Å². The summed E-state index contributed by atoms with van der Waals surface area (Å²) in [4.78, 5) is 19.0. The maximum Gasteiger partial charge on any atom is 0.323 e. The molecule has 7 heteroatoms. The van der Waals surface area contributed by atoms with Crippen LogP contribution in [0.2, 0.25) is 0 Å². The number of hydrogen-bond acceptors (Lipinski definition) is 5. The van der Waals surface area contributed by atoms with Crippen LogP contribution in [0.5, 0.6) is 0 Å². The van der Waals surface area contributed by atoms with Gasteiger partial charge in [-0.3, -0.25) is 4.79 Å². The number of rotatable bonds is 4. The van der Waals surface area contributed by atoms with Gasteiger partial charge in [-0.1, -0.05) is 24.3 Å². The molecule has 0 fully saturated rings. The zero-order valence-corrected chi connectivity index (χ0v) is 12.8. The number of anilines is 1. The summed E-state index contributed by atoms with van der Waals surface area (Å²) in [5.74, 6) is -0.729. The molecule has 0 bridgehead atoms. The molecule has 0 heterocycles. The number of carbonyl (C=O) groups is 1. The van der Waals surface area contributed by atoms with Crippen molar-refractivity contribution < 1.29 is 18.0 Å². The Morgan fingerprint density at radius 2 is 1.71 bits per heavy atom. The Bertz CT molecular complexity index is 785. The molecular weight excluding hydrogens is 292 g/mol. The Kier molecular flexibility index (Phi) is 4.15. The van der Waals surface area contributed by atoms with Crippen molar-refractivity contribution in [3.63, 3.8) is 0 Å². The van der Waals surface area contributed by atoms with E-state index in [9.17, 15) is 13.2 Å². The van der Waals surface area contributed by atoms with Crippen LogP contribution in [0.3, 0.4) is 0 Å². The SMILES string of the molecule is CC(=O)ONS(=O)(=O)c1cccc2c(N(C)C)cccc12. The van der Waals surface area contributed by atoms with Gasteiger partial charge >= 0.3 is 5.97 Å². The fourth-order valence-electron chi connectivity index (χ4n) is 2.05. The Labute approximate surface area is 123 Å². The first-order valence-electron chi connectivity index (χ1n) is 6.21. The van der Waals surface area contributed by atoms with Crippen LogP contribution in [0, 0.1) is 0 Å². The van der Waals surface area contributed by atoms with Crippen LogP contribution in [-0.2, 0) is 19.7 Å². The van der Waals surface area contributed by atoms with E-state index in [1.54, 1.807) is 18.2 Å². The van der Waals surface area contributed by atoms with Crippen molar-refractivity contribution >= 4 is 32.5 Å². The molecule has 2 aromatic rings. The highest BCUT2D eigenvalue weighted by molar-refractivity contribution is 7.89. The Morgan fingerprint density at radius 3 is 2.33 bits per heavy atom. The topological polar surface area (TPSA) is 75.7 Å². The largest absolute Gasteiger partial charge is 0.377 e. The second-order valence-corrected chi connectivity index (χ2v) is 6.32. The second-order valence-electron chi connectivity index (χ2n) is 4.70. The summed E-state index contributed by atoms with van der Waals surface area (Å²) in [6.45, 7) is 1.12. The first-order chi connectivity index (χ1) is 9.83. The van der Waals surface area contributed by atoms with Crippen molar-refractivity contribution in [1.29, 1.82) is 0 Å². The minimum Gasteiger partial charge on any atom is -0.377 e. The molecule has 0 spiro atoms. The smallest absolute Gasteiger partial charge is 0.323 e. The lowest BCUT2D eigenvalue weighted by molar-refractivity contribution is -0.144. The second kappa shape index (κ2) is 5.71. The average molecular weight is 308 g/mol. The zero-order chi connectivity index (χ0) is 15.6. The van der Waals surface area contributed by atoms with Crippen LogP contribution in [0.1, 0.15) is 6.92 Å². The molecule has 0 unspecified atom stereocenters. The first kappa shape index (κ1) is 15.3. The predicted octanol–water partition coefficient (Wildman–Crippen LogP) is 1.66. The van der Waals surface area contributed by atoms with Crippen LogP contribution in [-0.4, -0.2) is 28.5 Å². The third-order valence-corrected chi connectivity index (χ3v) is 4.16. The lowest BCUT2D eigenvalue weighted by Gasteiger charge is -2.16. The summed E-state index contributed by atoms with van der Waals surface area (Å²) in [6, 6.07) is 10.4. The molecule has 1 N–H and O–H groups in total. The zero-order valence-electron chi connectivity index (χ0n) is 12.0. The normalized spacial score (nSPS) is 11.4. The maximum atomic E-state index is 12.2. The van der Waals surface area contributed by atoms with E-state index in [1.807, 2.05) is 36.0 Å². The number of carbonyl (C=O) groups excluding carboxylic acids is 1. The van der Waals surface area contributed by atoms with Crippen LogP contribution in [0.15, 0.2) is 41.3 Å². The Hall–Kier alpha value is -2.12. The van der Waals surface area contributed by atoms with Crippen molar-refractivity contribution in [3.05, 3.63) is 36.4 Å². The summed E-state index contributed by atoms with van der Waals surface area (Å²) in [7, 11) is -0.172. The van der Waals surface area contributed by atoms with Crippen LogP contribution in [0.4, 0.5) is 5.69 Å². The molecule has 2 rings (SSSR count). The average Bonchev–Trinajstić information content (AvgIpc) is 2.43. The molecule has 0 saturated heterocycles. The first-order valence-corrected chi connectivity index (χ1v) is 7.69.